The van der Waals surface area contributed by atoms with E-state index in [1.807, 2.05) is 18.2 Å². The van der Waals surface area contributed by atoms with Gasteiger partial charge in [0.2, 0.25) is 0 Å². The van der Waals surface area contributed by atoms with Crippen molar-refractivity contribution < 1.29 is 4.79 Å². The minimum atomic E-state index is 0.855. The van der Waals surface area contributed by atoms with Crippen LogP contribution < -0.4 is 0 Å². The summed E-state index contributed by atoms with van der Waals surface area (Å²) in [6.07, 6.45) is 8.41. The molecule has 1 aromatic carbocycles. The molecule has 0 saturated heterocycles. The fourth-order valence-electron chi connectivity index (χ4n) is 1.80. The molecule has 0 radical (unpaired) electrons. The SMILES string of the molecule is CCCCCCCc1ccccc1C=O. The number of aryl methyl sites for hydroxylation is 1. The Morgan fingerprint density at radius 1 is 1.07 bits per heavy atom. The molecule has 0 aliphatic carbocycles. The summed E-state index contributed by atoms with van der Waals surface area (Å²) in [4.78, 5) is 10.8. The van der Waals surface area contributed by atoms with Crippen LogP contribution in [0.3, 0.4) is 0 Å². The number of carbonyl (C=O) groups excluding carboxylic acids is 1. The van der Waals surface area contributed by atoms with E-state index in [1.165, 1.54) is 37.7 Å². The minimum Gasteiger partial charge on any atom is -0.298 e. The lowest BCUT2D eigenvalue weighted by molar-refractivity contribution is 0.112. The minimum absolute atomic E-state index is 0.855. The van der Waals surface area contributed by atoms with Crippen molar-refractivity contribution in [1.82, 2.24) is 0 Å². The van der Waals surface area contributed by atoms with Crippen LogP contribution in [0.1, 0.15) is 54.9 Å². The molecule has 0 spiro atoms. The van der Waals surface area contributed by atoms with E-state index >= 15 is 0 Å². The van der Waals surface area contributed by atoms with Gasteiger partial charge in [-0.1, -0.05) is 56.9 Å². The quantitative estimate of drug-likeness (QED) is 0.484. The lowest BCUT2D eigenvalue weighted by Crippen LogP contribution is -1.92. The van der Waals surface area contributed by atoms with Crippen LogP contribution in [0.5, 0.6) is 0 Å². The van der Waals surface area contributed by atoms with Gasteiger partial charge in [0.1, 0.15) is 6.29 Å². The van der Waals surface area contributed by atoms with Crippen molar-refractivity contribution in [2.45, 2.75) is 45.4 Å². The van der Waals surface area contributed by atoms with Crippen LogP contribution in [0.4, 0.5) is 0 Å². The molecule has 1 nitrogen and oxygen atoms in total. The number of benzene rings is 1. The van der Waals surface area contributed by atoms with Crippen LogP contribution >= 0.6 is 0 Å². The van der Waals surface area contributed by atoms with Gasteiger partial charge in [0.05, 0.1) is 0 Å². The molecule has 1 rings (SSSR count). The van der Waals surface area contributed by atoms with Crippen LogP contribution in [-0.4, -0.2) is 6.29 Å². The second kappa shape index (κ2) is 7.22. The number of aldehydes is 1. The first-order chi connectivity index (χ1) is 7.38. The Balaban J connectivity index is 2.33. The molecule has 1 heteroatoms. The maximum Gasteiger partial charge on any atom is 0.150 e. The molecule has 82 valence electrons. The maximum absolute atomic E-state index is 10.8. The van der Waals surface area contributed by atoms with Crippen LogP contribution in [0.15, 0.2) is 24.3 Å². The molecule has 0 unspecified atom stereocenters. The first-order valence-corrected chi connectivity index (χ1v) is 5.91. The largest absolute Gasteiger partial charge is 0.298 e. The Labute approximate surface area is 92.5 Å². The fraction of sp³-hybridized carbons (Fsp3) is 0.500. The van der Waals surface area contributed by atoms with Crippen LogP contribution in [0, 0.1) is 0 Å². The Kier molecular flexibility index (Phi) is 5.76. The van der Waals surface area contributed by atoms with Crippen LogP contribution in [0.25, 0.3) is 0 Å². The van der Waals surface area contributed by atoms with Crippen molar-refractivity contribution in [3.05, 3.63) is 35.4 Å². The zero-order valence-corrected chi connectivity index (χ0v) is 9.54. The topological polar surface area (TPSA) is 17.1 Å². The van der Waals surface area contributed by atoms with Gasteiger partial charge in [0.15, 0.2) is 0 Å². The summed E-state index contributed by atoms with van der Waals surface area (Å²) >= 11 is 0. The van der Waals surface area contributed by atoms with E-state index in [1.54, 1.807) is 0 Å². The van der Waals surface area contributed by atoms with E-state index in [4.69, 9.17) is 0 Å². The molecule has 1 aromatic rings. The number of hydrogen-bond donors (Lipinski definition) is 0. The van der Waals surface area contributed by atoms with Crippen molar-refractivity contribution in [3.8, 4) is 0 Å². The average Bonchev–Trinajstić information content (AvgIpc) is 2.29. The average molecular weight is 204 g/mol. The van der Waals surface area contributed by atoms with Gasteiger partial charge >= 0.3 is 0 Å². The van der Waals surface area contributed by atoms with E-state index in [0.717, 1.165) is 18.3 Å². The molecule has 0 aliphatic heterocycles. The van der Waals surface area contributed by atoms with Gasteiger partial charge in [0, 0.05) is 5.56 Å². The Bertz CT molecular complexity index is 291. The van der Waals surface area contributed by atoms with Crippen molar-refractivity contribution in [2.24, 2.45) is 0 Å². The third-order valence-electron chi connectivity index (χ3n) is 2.73. The highest BCUT2D eigenvalue weighted by molar-refractivity contribution is 5.77. The third-order valence-corrected chi connectivity index (χ3v) is 2.73. The second-order valence-electron chi connectivity index (χ2n) is 3.98. The summed E-state index contributed by atoms with van der Waals surface area (Å²) < 4.78 is 0. The highest BCUT2D eigenvalue weighted by Gasteiger charge is 1.99. The molecule has 0 fully saturated rings. The molecule has 15 heavy (non-hydrogen) atoms. The normalized spacial score (nSPS) is 10.2. The third kappa shape index (κ3) is 4.28. The fourth-order valence-corrected chi connectivity index (χ4v) is 1.80. The molecule has 0 N–H and O–H groups in total. The van der Waals surface area contributed by atoms with Crippen LogP contribution in [0.2, 0.25) is 0 Å². The Hall–Kier alpha value is -1.11. The molecule has 0 atom stereocenters. The smallest absolute Gasteiger partial charge is 0.150 e. The van der Waals surface area contributed by atoms with Gasteiger partial charge in [-0.15, -0.1) is 0 Å². The summed E-state index contributed by atoms with van der Waals surface area (Å²) in [6, 6.07) is 7.89. The maximum atomic E-state index is 10.8. The molecule has 0 amide bonds. The Morgan fingerprint density at radius 3 is 2.53 bits per heavy atom. The molecular formula is C14H20O. The van der Waals surface area contributed by atoms with E-state index in [0.29, 0.717) is 0 Å². The van der Waals surface area contributed by atoms with Gasteiger partial charge in [-0.3, -0.25) is 4.79 Å². The number of unbranched alkanes of at least 4 members (excludes halogenated alkanes) is 4. The highest BCUT2D eigenvalue weighted by atomic mass is 16.1. The second-order valence-corrected chi connectivity index (χ2v) is 3.98. The highest BCUT2D eigenvalue weighted by Crippen LogP contribution is 2.12. The lowest BCUT2D eigenvalue weighted by Gasteiger charge is -2.03. The predicted octanol–water partition coefficient (Wildman–Crippen LogP) is 4.01. The molecule has 0 aromatic heterocycles. The van der Waals surface area contributed by atoms with Crippen molar-refractivity contribution in [2.75, 3.05) is 0 Å². The monoisotopic (exact) mass is 204 g/mol. The van der Waals surface area contributed by atoms with E-state index in [-0.39, 0.29) is 0 Å². The van der Waals surface area contributed by atoms with Gasteiger partial charge in [-0.05, 0) is 18.4 Å². The summed E-state index contributed by atoms with van der Waals surface area (Å²) in [5.41, 5.74) is 2.05. The van der Waals surface area contributed by atoms with Gasteiger partial charge in [-0.2, -0.15) is 0 Å². The summed E-state index contributed by atoms with van der Waals surface area (Å²) in [5, 5.41) is 0. The Morgan fingerprint density at radius 2 is 1.80 bits per heavy atom. The van der Waals surface area contributed by atoms with Gasteiger partial charge in [0.25, 0.3) is 0 Å². The predicted molar refractivity (Wildman–Crippen MR) is 64.3 cm³/mol. The van der Waals surface area contributed by atoms with Crippen molar-refractivity contribution >= 4 is 6.29 Å². The number of hydrogen-bond acceptors (Lipinski definition) is 1. The molecular weight excluding hydrogens is 184 g/mol. The summed E-state index contributed by atoms with van der Waals surface area (Å²) in [7, 11) is 0. The van der Waals surface area contributed by atoms with E-state index < -0.39 is 0 Å². The zero-order chi connectivity index (χ0) is 10.9. The summed E-state index contributed by atoms with van der Waals surface area (Å²) in [6.45, 7) is 2.22. The standard InChI is InChI=1S/C14H20O/c1-2-3-4-5-6-9-13-10-7-8-11-14(13)12-15/h7-8,10-12H,2-6,9H2,1H3. The first kappa shape index (κ1) is 12.0. The van der Waals surface area contributed by atoms with Gasteiger partial charge < -0.3 is 0 Å². The van der Waals surface area contributed by atoms with E-state index in [2.05, 4.69) is 13.0 Å². The number of rotatable bonds is 7. The number of carbonyl (C=O) groups is 1. The molecule has 0 saturated carbocycles. The van der Waals surface area contributed by atoms with Crippen molar-refractivity contribution in [1.29, 1.82) is 0 Å². The summed E-state index contributed by atoms with van der Waals surface area (Å²) in [5.74, 6) is 0. The molecule has 0 aliphatic rings. The van der Waals surface area contributed by atoms with Crippen molar-refractivity contribution in [3.63, 3.8) is 0 Å². The first-order valence-electron chi connectivity index (χ1n) is 5.91. The van der Waals surface area contributed by atoms with Crippen LogP contribution in [-0.2, 0) is 6.42 Å². The van der Waals surface area contributed by atoms with E-state index in [9.17, 15) is 4.79 Å². The molecule has 0 bridgehead atoms. The zero-order valence-electron chi connectivity index (χ0n) is 9.54. The molecule has 0 heterocycles. The lowest BCUT2D eigenvalue weighted by atomic mass is 10.0. The van der Waals surface area contributed by atoms with Gasteiger partial charge in [-0.25, -0.2) is 0 Å².